The number of carboxylic acid groups (broad SMARTS) is 1. The summed E-state index contributed by atoms with van der Waals surface area (Å²) in [7, 11) is 1.32. The summed E-state index contributed by atoms with van der Waals surface area (Å²) in [6.07, 6.45) is -0.603. The average molecular weight is 378 g/mol. The van der Waals surface area contributed by atoms with Gasteiger partial charge in [-0.15, -0.1) is 0 Å². The fraction of sp³-hybridized carbons (Fsp3) is 0.312. The van der Waals surface area contributed by atoms with Crippen LogP contribution in [0.3, 0.4) is 0 Å². The number of benzene rings is 1. The molecule has 1 aromatic rings. The van der Waals surface area contributed by atoms with E-state index in [2.05, 4.69) is 15.7 Å². The lowest BCUT2D eigenvalue weighted by Gasteiger charge is -2.21. The SMILES string of the molecule is CC(=O)[C@H](CC(=O)O)NC(=O)NN(C)C(=O)Cc1cccc(N=C(N)N)c1. The van der Waals surface area contributed by atoms with Gasteiger partial charge in [0.05, 0.1) is 24.6 Å². The smallest absolute Gasteiger partial charge is 0.334 e. The van der Waals surface area contributed by atoms with Crippen LogP contribution >= 0.6 is 0 Å². The minimum absolute atomic E-state index is 0.0458. The molecule has 1 aromatic carbocycles. The van der Waals surface area contributed by atoms with Crippen LogP contribution in [0.4, 0.5) is 10.5 Å². The van der Waals surface area contributed by atoms with Gasteiger partial charge in [0.15, 0.2) is 11.7 Å². The summed E-state index contributed by atoms with van der Waals surface area (Å²) in [5.74, 6) is -2.32. The monoisotopic (exact) mass is 378 g/mol. The minimum Gasteiger partial charge on any atom is -0.481 e. The first-order chi connectivity index (χ1) is 12.6. The Morgan fingerprint density at radius 2 is 1.93 bits per heavy atom. The molecule has 0 saturated carbocycles. The number of urea groups is 1. The van der Waals surface area contributed by atoms with E-state index in [0.29, 0.717) is 11.3 Å². The molecule has 3 amide bonds. The number of carbonyl (C=O) groups is 4. The number of nitrogens with one attached hydrogen (secondary N) is 2. The van der Waals surface area contributed by atoms with Gasteiger partial charge in [0.25, 0.3) is 0 Å². The standard InChI is InChI=1S/C16H22N6O5/c1-9(23)12(8-14(25)26)20-16(27)21-22(2)13(24)7-10-4-3-5-11(6-10)19-15(17)18/h3-6,12H,7-8H2,1-2H3,(H,25,26)(H4,17,18,19)(H2,20,21,27)/t12-/m0/s1. The predicted molar refractivity (Wildman–Crippen MR) is 96.8 cm³/mol. The topological polar surface area (TPSA) is 180 Å². The molecule has 11 nitrogen and oxygen atoms in total. The molecule has 1 atom stereocenters. The van der Waals surface area contributed by atoms with Crippen molar-refractivity contribution in [2.75, 3.05) is 7.05 Å². The Morgan fingerprint density at radius 3 is 2.48 bits per heavy atom. The fourth-order valence-corrected chi connectivity index (χ4v) is 2.05. The lowest BCUT2D eigenvalue weighted by Crippen LogP contribution is -2.52. The highest BCUT2D eigenvalue weighted by Gasteiger charge is 2.21. The van der Waals surface area contributed by atoms with Crippen LogP contribution in [-0.2, 0) is 20.8 Å². The third-order valence-electron chi connectivity index (χ3n) is 3.34. The number of aliphatic imine (C=N–C) groups is 1. The molecule has 0 bridgehead atoms. The Morgan fingerprint density at radius 1 is 1.26 bits per heavy atom. The number of carbonyl (C=O) groups excluding carboxylic acids is 3. The van der Waals surface area contributed by atoms with Gasteiger partial charge in [-0.05, 0) is 24.6 Å². The van der Waals surface area contributed by atoms with Crippen molar-refractivity contribution < 1.29 is 24.3 Å². The van der Waals surface area contributed by atoms with Crippen molar-refractivity contribution in [3.63, 3.8) is 0 Å². The van der Waals surface area contributed by atoms with E-state index in [-0.39, 0.29) is 12.4 Å². The zero-order chi connectivity index (χ0) is 20.6. The van der Waals surface area contributed by atoms with Crippen LogP contribution < -0.4 is 22.2 Å². The van der Waals surface area contributed by atoms with E-state index in [1.807, 2.05) is 0 Å². The molecule has 27 heavy (non-hydrogen) atoms. The van der Waals surface area contributed by atoms with Crippen molar-refractivity contribution in [2.24, 2.45) is 16.5 Å². The molecule has 0 aliphatic carbocycles. The van der Waals surface area contributed by atoms with Gasteiger partial charge in [0.2, 0.25) is 5.91 Å². The molecule has 11 heteroatoms. The Hall–Kier alpha value is -3.63. The van der Waals surface area contributed by atoms with Crippen molar-refractivity contribution in [1.82, 2.24) is 15.8 Å². The fourth-order valence-electron chi connectivity index (χ4n) is 2.05. The molecule has 0 unspecified atom stereocenters. The average Bonchev–Trinajstić information content (AvgIpc) is 2.53. The van der Waals surface area contributed by atoms with Gasteiger partial charge in [-0.25, -0.2) is 15.2 Å². The van der Waals surface area contributed by atoms with Crippen LogP contribution in [0.2, 0.25) is 0 Å². The highest BCUT2D eigenvalue weighted by Crippen LogP contribution is 2.14. The van der Waals surface area contributed by atoms with Crippen molar-refractivity contribution in [3.05, 3.63) is 29.8 Å². The molecule has 0 saturated heterocycles. The van der Waals surface area contributed by atoms with Gasteiger partial charge in [0, 0.05) is 7.05 Å². The quantitative estimate of drug-likeness (QED) is 0.235. The molecule has 0 radical (unpaired) electrons. The Labute approximate surface area is 155 Å². The number of carboxylic acids is 1. The van der Waals surface area contributed by atoms with Gasteiger partial charge >= 0.3 is 12.0 Å². The first kappa shape index (κ1) is 21.4. The summed E-state index contributed by atoms with van der Waals surface area (Å²) in [5.41, 5.74) is 13.9. The third kappa shape index (κ3) is 7.86. The molecular weight excluding hydrogens is 356 g/mol. The Balaban J connectivity index is 2.66. The summed E-state index contributed by atoms with van der Waals surface area (Å²) in [5, 5.41) is 11.9. The maximum absolute atomic E-state index is 12.2. The van der Waals surface area contributed by atoms with Crippen molar-refractivity contribution in [3.8, 4) is 0 Å². The largest absolute Gasteiger partial charge is 0.481 e. The zero-order valence-corrected chi connectivity index (χ0v) is 14.9. The predicted octanol–water partition coefficient (Wildman–Crippen LogP) is -0.761. The van der Waals surface area contributed by atoms with Crippen molar-refractivity contribution in [2.45, 2.75) is 25.8 Å². The summed E-state index contributed by atoms with van der Waals surface area (Å²) in [6, 6.07) is 4.57. The second-order valence-corrected chi connectivity index (χ2v) is 5.68. The number of likely N-dealkylation sites (N-methyl/N-ethyl adjacent to an activating group) is 1. The van der Waals surface area contributed by atoms with Gasteiger partial charge in [0.1, 0.15) is 0 Å². The maximum Gasteiger partial charge on any atom is 0.334 e. The molecule has 0 aliphatic rings. The highest BCUT2D eigenvalue weighted by molar-refractivity contribution is 5.90. The van der Waals surface area contributed by atoms with Crippen LogP contribution in [0.1, 0.15) is 18.9 Å². The lowest BCUT2D eigenvalue weighted by atomic mass is 10.1. The Kier molecular flexibility index (Phi) is 7.73. The van der Waals surface area contributed by atoms with Gasteiger partial charge in [-0.1, -0.05) is 12.1 Å². The molecule has 0 fully saturated rings. The van der Waals surface area contributed by atoms with E-state index in [0.717, 1.165) is 11.9 Å². The first-order valence-electron chi connectivity index (χ1n) is 7.83. The van der Waals surface area contributed by atoms with Crippen LogP contribution in [0, 0.1) is 0 Å². The summed E-state index contributed by atoms with van der Waals surface area (Å²) in [4.78, 5) is 50.1. The van der Waals surface area contributed by atoms with E-state index in [4.69, 9.17) is 16.6 Å². The second kappa shape index (κ2) is 9.75. The maximum atomic E-state index is 12.2. The van der Waals surface area contributed by atoms with Gasteiger partial charge < -0.3 is 21.9 Å². The summed E-state index contributed by atoms with van der Waals surface area (Å²) in [6.45, 7) is 1.16. The van der Waals surface area contributed by atoms with Crippen LogP contribution in [0.5, 0.6) is 0 Å². The molecule has 0 spiro atoms. The number of hydrazine groups is 1. The first-order valence-corrected chi connectivity index (χ1v) is 7.83. The highest BCUT2D eigenvalue weighted by atomic mass is 16.4. The minimum atomic E-state index is -1.24. The third-order valence-corrected chi connectivity index (χ3v) is 3.34. The van der Waals surface area contributed by atoms with Crippen molar-refractivity contribution >= 4 is 35.3 Å². The number of nitrogens with zero attached hydrogens (tertiary/aromatic N) is 2. The number of ketones is 1. The molecule has 7 N–H and O–H groups in total. The number of Topliss-reactive ketones (excluding diaryl/α,β-unsaturated/α-hetero) is 1. The van der Waals surface area contributed by atoms with Crippen molar-refractivity contribution in [1.29, 1.82) is 0 Å². The van der Waals surface area contributed by atoms with Crippen LogP contribution in [0.25, 0.3) is 0 Å². The normalized spacial score (nSPS) is 11.0. The van der Waals surface area contributed by atoms with E-state index in [1.54, 1.807) is 24.3 Å². The number of guanidine groups is 1. The van der Waals surface area contributed by atoms with Crippen LogP contribution in [0.15, 0.2) is 29.3 Å². The van der Waals surface area contributed by atoms with E-state index < -0.39 is 36.2 Å². The summed E-state index contributed by atoms with van der Waals surface area (Å²) < 4.78 is 0. The van der Waals surface area contributed by atoms with Crippen LogP contribution in [-0.4, -0.2) is 52.9 Å². The van der Waals surface area contributed by atoms with Gasteiger partial charge in [-0.3, -0.25) is 19.4 Å². The molecule has 1 rings (SSSR count). The molecule has 0 heterocycles. The van der Waals surface area contributed by atoms with E-state index in [1.165, 1.54) is 7.05 Å². The molecule has 0 aliphatic heterocycles. The number of hydrogen-bond donors (Lipinski definition) is 5. The number of aliphatic carboxylic acids is 1. The summed E-state index contributed by atoms with van der Waals surface area (Å²) >= 11 is 0. The number of hydrogen-bond acceptors (Lipinski definition) is 5. The van der Waals surface area contributed by atoms with Gasteiger partial charge in [-0.2, -0.15) is 0 Å². The molecule has 146 valence electrons. The second-order valence-electron chi connectivity index (χ2n) is 5.68. The number of amides is 3. The Bertz CT molecular complexity index is 759. The zero-order valence-electron chi connectivity index (χ0n) is 14.9. The number of rotatable bonds is 7. The molecular formula is C16H22N6O5. The number of nitrogens with two attached hydrogens (primary N) is 2. The van der Waals surface area contributed by atoms with E-state index >= 15 is 0 Å². The lowest BCUT2D eigenvalue weighted by molar-refractivity contribution is -0.139. The molecule has 0 aromatic heterocycles. The van der Waals surface area contributed by atoms with E-state index in [9.17, 15) is 19.2 Å².